The van der Waals surface area contributed by atoms with Crippen molar-refractivity contribution >= 4 is 11.6 Å². The first kappa shape index (κ1) is 12.3. The molecule has 0 spiro atoms. The molecule has 0 radical (unpaired) electrons. The zero-order valence-corrected chi connectivity index (χ0v) is 10.2. The van der Waals surface area contributed by atoms with E-state index in [0.29, 0.717) is 11.6 Å². The normalized spacial score (nSPS) is 12.9. The largest absolute Gasteiger partial charge is 0.506 e. The summed E-state index contributed by atoms with van der Waals surface area (Å²) in [6.07, 6.45) is 0.855. The second kappa shape index (κ2) is 4.86. The van der Waals surface area contributed by atoms with E-state index in [1.165, 1.54) is 0 Å². The third-order valence-corrected chi connectivity index (χ3v) is 3.24. The van der Waals surface area contributed by atoms with Gasteiger partial charge in [0.25, 0.3) is 0 Å². The lowest BCUT2D eigenvalue weighted by Crippen LogP contribution is -2.06. The van der Waals surface area contributed by atoms with Crippen LogP contribution in [0.4, 0.5) is 0 Å². The first-order chi connectivity index (χ1) is 6.99. The van der Waals surface area contributed by atoms with Crippen LogP contribution < -0.4 is 5.73 Å². The molecule has 0 saturated carbocycles. The summed E-state index contributed by atoms with van der Waals surface area (Å²) in [6.45, 7) is 6.56. The van der Waals surface area contributed by atoms with Crippen LogP contribution in [0, 0.1) is 13.8 Å². The van der Waals surface area contributed by atoms with E-state index in [9.17, 15) is 5.11 Å². The van der Waals surface area contributed by atoms with E-state index in [1.54, 1.807) is 0 Å². The summed E-state index contributed by atoms with van der Waals surface area (Å²) in [4.78, 5) is 0. The van der Waals surface area contributed by atoms with Crippen LogP contribution in [0.5, 0.6) is 5.75 Å². The van der Waals surface area contributed by atoms with Gasteiger partial charge in [-0.3, -0.25) is 0 Å². The first-order valence-electron chi connectivity index (χ1n) is 5.17. The van der Waals surface area contributed by atoms with Crippen LogP contribution in [-0.4, -0.2) is 11.7 Å². The Morgan fingerprint density at radius 3 is 2.53 bits per heavy atom. The third-order valence-electron chi connectivity index (χ3n) is 2.76. The molecule has 0 aliphatic rings. The molecular weight excluding hydrogens is 210 g/mol. The number of aryl methyl sites for hydroxylation is 2. The summed E-state index contributed by atoms with van der Waals surface area (Å²) in [5, 5.41) is 10.4. The number of phenolic OH excluding ortho intramolecular Hbond substituents is 1. The van der Waals surface area contributed by atoms with Crippen molar-refractivity contribution in [2.45, 2.75) is 33.1 Å². The zero-order valence-electron chi connectivity index (χ0n) is 9.47. The summed E-state index contributed by atoms with van der Waals surface area (Å²) in [7, 11) is 0. The molecule has 0 heterocycles. The van der Waals surface area contributed by atoms with Gasteiger partial charge in [-0.15, -0.1) is 0 Å². The molecule has 0 aliphatic carbocycles. The molecule has 1 aromatic rings. The molecule has 0 aromatic heterocycles. The number of benzene rings is 1. The molecule has 1 atom stereocenters. The Hall–Kier alpha value is -0.730. The number of nitrogens with two attached hydrogens (primary N) is 1. The monoisotopic (exact) mass is 227 g/mol. The Labute approximate surface area is 96.1 Å². The standard InChI is InChI=1S/C12H18ClNO/c1-7(4-5-14)10-8(2)6-9(3)11(13)12(10)15/h6-7,15H,4-5,14H2,1-3H3. The Morgan fingerprint density at radius 1 is 1.40 bits per heavy atom. The predicted molar refractivity (Wildman–Crippen MR) is 64.7 cm³/mol. The Morgan fingerprint density at radius 2 is 2.00 bits per heavy atom. The van der Waals surface area contributed by atoms with Crippen molar-refractivity contribution < 1.29 is 5.11 Å². The van der Waals surface area contributed by atoms with Crippen molar-refractivity contribution in [1.29, 1.82) is 0 Å². The minimum Gasteiger partial charge on any atom is -0.506 e. The molecule has 3 N–H and O–H groups in total. The Balaban J connectivity index is 3.23. The van der Waals surface area contributed by atoms with Gasteiger partial charge in [0.2, 0.25) is 0 Å². The van der Waals surface area contributed by atoms with Gasteiger partial charge in [-0.05, 0) is 43.9 Å². The van der Waals surface area contributed by atoms with Gasteiger partial charge in [-0.2, -0.15) is 0 Å². The van der Waals surface area contributed by atoms with Crippen molar-refractivity contribution in [3.8, 4) is 5.75 Å². The fourth-order valence-electron chi connectivity index (χ4n) is 1.97. The Bertz CT molecular complexity index is 363. The molecule has 1 unspecified atom stereocenters. The van der Waals surface area contributed by atoms with Crippen molar-refractivity contribution in [2.75, 3.05) is 6.54 Å². The molecule has 0 amide bonds. The van der Waals surface area contributed by atoms with E-state index >= 15 is 0 Å². The molecule has 84 valence electrons. The number of rotatable bonds is 3. The van der Waals surface area contributed by atoms with Gasteiger partial charge in [-0.25, -0.2) is 0 Å². The lowest BCUT2D eigenvalue weighted by atomic mass is 9.91. The molecule has 15 heavy (non-hydrogen) atoms. The second-order valence-electron chi connectivity index (χ2n) is 4.07. The molecule has 0 bridgehead atoms. The molecule has 1 rings (SSSR count). The highest BCUT2D eigenvalue weighted by atomic mass is 35.5. The van der Waals surface area contributed by atoms with Crippen LogP contribution in [0.25, 0.3) is 0 Å². The fourth-order valence-corrected chi connectivity index (χ4v) is 2.13. The van der Waals surface area contributed by atoms with Gasteiger partial charge in [0.1, 0.15) is 5.75 Å². The fraction of sp³-hybridized carbons (Fsp3) is 0.500. The maximum atomic E-state index is 9.98. The van der Waals surface area contributed by atoms with Crippen molar-refractivity contribution in [3.63, 3.8) is 0 Å². The van der Waals surface area contributed by atoms with E-state index in [0.717, 1.165) is 23.1 Å². The smallest absolute Gasteiger partial charge is 0.138 e. The van der Waals surface area contributed by atoms with Crippen LogP contribution in [0.1, 0.15) is 36.0 Å². The van der Waals surface area contributed by atoms with Crippen LogP contribution >= 0.6 is 11.6 Å². The highest BCUT2D eigenvalue weighted by molar-refractivity contribution is 6.32. The van der Waals surface area contributed by atoms with Gasteiger partial charge in [0.05, 0.1) is 5.02 Å². The number of aromatic hydroxyl groups is 1. The summed E-state index contributed by atoms with van der Waals surface area (Å²) in [5.74, 6) is 0.461. The van der Waals surface area contributed by atoms with Crippen LogP contribution in [0.3, 0.4) is 0 Å². The Kier molecular flexibility index (Phi) is 4.00. The number of hydrogen-bond donors (Lipinski definition) is 2. The lowest BCUT2D eigenvalue weighted by Gasteiger charge is -2.17. The molecule has 2 nitrogen and oxygen atoms in total. The molecule has 1 aromatic carbocycles. The topological polar surface area (TPSA) is 46.2 Å². The quantitative estimate of drug-likeness (QED) is 0.834. The van der Waals surface area contributed by atoms with E-state index < -0.39 is 0 Å². The van der Waals surface area contributed by atoms with E-state index in [-0.39, 0.29) is 11.7 Å². The SMILES string of the molecule is Cc1cc(C)c(C(C)CCN)c(O)c1Cl. The van der Waals surface area contributed by atoms with E-state index in [2.05, 4.69) is 6.92 Å². The highest BCUT2D eigenvalue weighted by Gasteiger charge is 2.16. The number of hydrogen-bond acceptors (Lipinski definition) is 2. The predicted octanol–water partition coefficient (Wildman–Crippen LogP) is 3.11. The molecule has 0 fully saturated rings. The van der Waals surface area contributed by atoms with Gasteiger partial charge in [-0.1, -0.05) is 24.6 Å². The average Bonchev–Trinajstić information content (AvgIpc) is 2.15. The summed E-state index contributed by atoms with van der Waals surface area (Å²) in [6, 6.07) is 2.00. The van der Waals surface area contributed by atoms with E-state index in [1.807, 2.05) is 19.9 Å². The third kappa shape index (κ3) is 2.44. The minimum atomic E-state index is 0.218. The summed E-state index contributed by atoms with van der Waals surface area (Å²) in [5.41, 5.74) is 8.44. The van der Waals surface area contributed by atoms with Crippen molar-refractivity contribution in [1.82, 2.24) is 0 Å². The average molecular weight is 228 g/mol. The summed E-state index contributed by atoms with van der Waals surface area (Å²) >= 11 is 6.02. The lowest BCUT2D eigenvalue weighted by molar-refractivity contribution is 0.460. The minimum absolute atomic E-state index is 0.218. The molecule has 0 saturated heterocycles. The van der Waals surface area contributed by atoms with Gasteiger partial charge >= 0.3 is 0 Å². The van der Waals surface area contributed by atoms with Crippen LogP contribution in [0.2, 0.25) is 5.02 Å². The van der Waals surface area contributed by atoms with Gasteiger partial charge in [0, 0.05) is 5.56 Å². The summed E-state index contributed by atoms with van der Waals surface area (Å²) < 4.78 is 0. The van der Waals surface area contributed by atoms with Gasteiger partial charge < -0.3 is 10.8 Å². The second-order valence-corrected chi connectivity index (χ2v) is 4.44. The number of phenols is 1. The van der Waals surface area contributed by atoms with Crippen LogP contribution in [0.15, 0.2) is 6.07 Å². The molecule has 0 aliphatic heterocycles. The maximum Gasteiger partial charge on any atom is 0.138 e. The van der Waals surface area contributed by atoms with Crippen molar-refractivity contribution in [3.05, 3.63) is 27.8 Å². The highest BCUT2D eigenvalue weighted by Crippen LogP contribution is 2.38. The first-order valence-corrected chi connectivity index (χ1v) is 5.55. The molecule has 3 heteroatoms. The number of halogens is 1. The zero-order chi connectivity index (χ0) is 11.6. The van der Waals surface area contributed by atoms with Crippen molar-refractivity contribution in [2.24, 2.45) is 5.73 Å². The van der Waals surface area contributed by atoms with Crippen LogP contribution in [-0.2, 0) is 0 Å². The molecular formula is C12H18ClNO. The maximum absolute atomic E-state index is 9.98. The van der Waals surface area contributed by atoms with Gasteiger partial charge in [0.15, 0.2) is 0 Å². The van der Waals surface area contributed by atoms with E-state index in [4.69, 9.17) is 17.3 Å².